The highest BCUT2D eigenvalue weighted by Crippen LogP contribution is 2.42. The number of hydrogen-bond acceptors (Lipinski definition) is 3. The third-order valence-electron chi connectivity index (χ3n) is 5.24. The van der Waals surface area contributed by atoms with Crippen LogP contribution in [0.15, 0.2) is 84.4 Å². The van der Waals surface area contributed by atoms with Crippen LogP contribution in [0.2, 0.25) is 0 Å². The lowest BCUT2D eigenvalue weighted by molar-refractivity contribution is -0.132. The molecule has 1 saturated heterocycles. The van der Waals surface area contributed by atoms with E-state index in [0.717, 1.165) is 16.7 Å². The summed E-state index contributed by atoms with van der Waals surface area (Å²) < 4.78 is 0. The summed E-state index contributed by atoms with van der Waals surface area (Å²) in [6.07, 6.45) is 0. The van der Waals surface area contributed by atoms with Crippen LogP contribution in [0, 0.1) is 13.8 Å². The fraction of sp³-hybridized carbons (Fsp3) is 0.120. The van der Waals surface area contributed by atoms with Gasteiger partial charge < -0.3 is 5.11 Å². The molecule has 1 atom stereocenters. The topological polar surface area (TPSA) is 57.6 Å². The number of hydrogen-bond donors (Lipinski definition) is 1. The molecule has 4 nitrogen and oxygen atoms in total. The monoisotopic (exact) mass is 383 g/mol. The molecule has 1 fully saturated rings. The molecule has 0 bridgehead atoms. The lowest BCUT2D eigenvalue weighted by Gasteiger charge is -2.25. The summed E-state index contributed by atoms with van der Waals surface area (Å²) >= 11 is 0. The van der Waals surface area contributed by atoms with Gasteiger partial charge in [-0.05, 0) is 43.2 Å². The summed E-state index contributed by atoms with van der Waals surface area (Å²) in [5.41, 5.74) is 3.86. The van der Waals surface area contributed by atoms with E-state index in [1.54, 1.807) is 12.1 Å². The van der Waals surface area contributed by atoms with E-state index in [1.807, 2.05) is 80.6 Å². The van der Waals surface area contributed by atoms with E-state index in [2.05, 4.69) is 0 Å². The number of rotatable bonds is 3. The van der Waals surface area contributed by atoms with Crippen molar-refractivity contribution in [1.82, 2.24) is 0 Å². The van der Waals surface area contributed by atoms with E-state index in [1.165, 1.54) is 4.90 Å². The largest absolute Gasteiger partial charge is 0.507 e. The molecule has 0 aromatic heterocycles. The molecular weight excluding hydrogens is 362 g/mol. The van der Waals surface area contributed by atoms with E-state index in [4.69, 9.17) is 0 Å². The maximum atomic E-state index is 13.1. The Balaban J connectivity index is 1.98. The summed E-state index contributed by atoms with van der Waals surface area (Å²) in [6.45, 7) is 3.80. The first-order valence-corrected chi connectivity index (χ1v) is 9.47. The van der Waals surface area contributed by atoms with Gasteiger partial charge in [0.05, 0.1) is 11.6 Å². The highest BCUT2D eigenvalue weighted by atomic mass is 16.3. The standard InChI is InChI=1S/C25H21NO3/c1-16-13-14-17(2)20(15-16)23(27)21-22(18-9-5-3-6-10-18)26(25(29)24(21)28)19-11-7-4-8-12-19/h3-15,22,27H,1-2H3/b23-21+. The fourth-order valence-corrected chi connectivity index (χ4v) is 3.77. The summed E-state index contributed by atoms with van der Waals surface area (Å²) in [6, 6.07) is 23.4. The SMILES string of the molecule is Cc1ccc(C)c(/C(O)=C2\C(=O)C(=O)N(c3ccccc3)C2c2ccccc2)c1. The van der Waals surface area contributed by atoms with Gasteiger partial charge in [0.1, 0.15) is 5.76 Å². The minimum absolute atomic E-state index is 0.110. The van der Waals surface area contributed by atoms with Crippen molar-refractivity contribution in [3.05, 3.63) is 107 Å². The maximum Gasteiger partial charge on any atom is 0.300 e. The highest BCUT2D eigenvalue weighted by molar-refractivity contribution is 6.51. The lowest BCUT2D eigenvalue weighted by Crippen LogP contribution is -2.29. The van der Waals surface area contributed by atoms with E-state index < -0.39 is 17.7 Å². The number of carbonyl (C=O) groups is 2. The second-order valence-electron chi connectivity index (χ2n) is 7.23. The molecule has 0 spiro atoms. The van der Waals surface area contributed by atoms with Crippen LogP contribution in [-0.4, -0.2) is 16.8 Å². The Kier molecular flexibility index (Phi) is 4.77. The van der Waals surface area contributed by atoms with E-state index in [9.17, 15) is 14.7 Å². The number of Topliss-reactive ketones (excluding diaryl/α,β-unsaturated/α-hetero) is 1. The second kappa shape index (κ2) is 7.40. The molecule has 1 aliphatic heterocycles. The molecule has 4 heteroatoms. The average Bonchev–Trinajstić information content (AvgIpc) is 3.01. The number of ketones is 1. The summed E-state index contributed by atoms with van der Waals surface area (Å²) in [7, 11) is 0. The van der Waals surface area contributed by atoms with Crippen molar-refractivity contribution in [1.29, 1.82) is 0 Å². The van der Waals surface area contributed by atoms with Crippen molar-refractivity contribution in [2.24, 2.45) is 0 Å². The molecule has 0 radical (unpaired) electrons. The summed E-state index contributed by atoms with van der Waals surface area (Å²) in [5, 5.41) is 11.2. The normalized spacial score (nSPS) is 18.3. The molecule has 1 aliphatic rings. The Morgan fingerprint density at radius 1 is 0.862 bits per heavy atom. The second-order valence-corrected chi connectivity index (χ2v) is 7.23. The van der Waals surface area contributed by atoms with Crippen LogP contribution in [0.1, 0.15) is 28.3 Å². The van der Waals surface area contributed by atoms with Crippen LogP contribution in [0.5, 0.6) is 0 Å². The third-order valence-corrected chi connectivity index (χ3v) is 5.24. The molecule has 29 heavy (non-hydrogen) atoms. The van der Waals surface area contributed by atoms with Gasteiger partial charge in [0.2, 0.25) is 0 Å². The van der Waals surface area contributed by atoms with Gasteiger partial charge in [-0.25, -0.2) is 0 Å². The molecule has 0 saturated carbocycles. The van der Waals surface area contributed by atoms with E-state index in [0.29, 0.717) is 11.3 Å². The van der Waals surface area contributed by atoms with Crippen LogP contribution >= 0.6 is 0 Å². The Morgan fingerprint density at radius 3 is 2.14 bits per heavy atom. The minimum atomic E-state index is -0.696. The number of para-hydroxylation sites is 1. The van der Waals surface area contributed by atoms with Crippen molar-refractivity contribution in [2.75, 3.05) is 4.90 Å². The summed E-state index contributed by atoms with van der Waals surface area (Å²) in [4.78, 5) is 27.6. The molecule has 3 aromatic carbocycles. The van der Waals surface area contributed by atoms with Crippen LogP contribution in [0.3, 0.4) is 0 Å². The molecule has 1 N–H and O–H groups in total. The van der Waals surface area contributed by atoms with E-state index in [-0.39, 0.29) is 11.3 Å². The van der Waals surface area contributed by atoms with Crippen LogP contribution in [0.25, 0.3) is 5.76 Å². The Hall–Kier alpha value is -3.66. The molecule has 1 heterocycles. The van der Waals surface area contributed by atoms with Crippen molar-refractivity contribution in [3.63, 3.8) is 0 Å². The highest BCUT2D eigenvalue weighted by Gasteiger charge is 2.46. The number of aryl methyl sites for hydroxylation is 2. The Labute approximate surface area is 169 Å². The van der Waals surface area contributed by atoms with Crippen molar-refractivity contribution in [2.45, 2.75) is 19.9 Å². The smallest absolute Gasteiger partial charge is 0.300 e. The molecule has 4 rings (SSSR count). The van der Waals surface area contributed by atoms with Crippen molar-refractivity contribution >= 4 is 23.1 Å². The number of anilines is 1. The predicted molar refractivity (Wildman–Crippen MR) is 114 cm³/mol. The molecule has 0 aliphatic carbocycles. The zero-order chi connectivity index (χ0) is 20.5. The van der Waals surface area contributed by atoms with Gasteiger partial charge in [-0.3, -0.25) is 14.5 Å². The molecule has 144 valence electrons. The lowest BCUT2D eigenvalue weighted by atomic mass is 9.93. The number of carbonyl (C=O) groups excluding carboxylic acids is 2. The van der Waals surface area contributed by atoms with Crippen LogP contribution in [-0.2, 0) is 9.59 Å². The first-order chi connectivity index (χ1) is 14.0. The molecular formula is C25H21NO3. The minimum Gasteiger partial charge on any atom is -0.507 e. The number of amides is 1. The van der Waals surface area contributed by atoms with Gasteiger partial charge in [0, 0.05) is 11.3 Å². The number of aliphatic hydroxyl groups excluding tert-OH is 1. The van der Waals surface area contributed by atoms with Gasteiger partial charge >= 0.3 is 0 Å². The third kappa shape index (κ3) is 3.23. The quantitative estimate of drug-likeness (QED) is 0.396. The maximum absolute atomic E-state index is 13.1. The number of aliphatic hydroxyl groups is 1. The van der Waals surface area contributed by atoms with Gasteiger partial charge in [0.15, 0.2) is 0 Å². The summed E-state index contributed by atoms with van der Waals surface area (Å²) in [5.74, 6) is -1.46. The van der Waals surface area contributed by atoms with Gasteiger partial charge in [-0.15, -0.1) is 0 Å². The van der Waals surface area contributed by atoms with Gasteiger partial charge in [-0.2, -0.15) is 0 Å². The zero-order valence-electron chi connectivity index (χ0n) is 16.3. The Morgan fingerprint density at radius 2 is 1.48 bits per heavy atom. The first-order valence-electron chi connectivity index (χ1n) is 9.47. The van der Waals surface area contributed by atoms with Crippen molar-refractivity contribution < 1.29 is 14.7 Å². The zero-order valence-corrected chi connectivity index (χ0v) is 16.3. The van der Waals surface area contributed by atoms with E-state index >= 15 is 0 Å². The first kappa shape index (κ1) is 18.7. The molecule has 1 unspecified atom stereocenters. The molecule has 1 amide bonds. The number of nitrogens with zero attached hydrogens (tertiary/aromatic N) is 1. The molecule has 3 aromatic rings. The van der Waals surface area contributed by atoms with Crippen LogP contribution in [0.4, 0.5) is 5.69 Å². The predicted octanol–water partition coefficient (Wildman–Crippen LogP) is 4.93. The Bertz CT molecular complexity index is 1120. The average molecular weight is 383 g/mol. The fourth-order valence-electron chi connectivity index (χ4n) is 3.77. The van der Waals surface area contributed by atoms with Gasteiger partial charge in [0.25, 0.3) is 11.7 Å². The van der Waals surface area contributed by atoms with Gasteiger partial charge in [-0.1, -0.05) is 66.2 Å². The van der Waals surface area contributed by atoms with Crippen molar-refractivity contribution in [3.8, 4) is 0 Å². The number of benzene rings is 3. The van der Waals surface area contributed by atoms with Crippen LogP contribution < -0.4 is 4.90 Å².